The molecule has 1 fully saturated rings. The molecule has 1 unspecified atom stereocenters. The Bertz CT molecular complexity index is 453. The van der Waals surface area contributed by atoms with Crippen molar-refractivity contribution < 1.29 is 9.53 Å². The van der Waals surface area contributed by atoms with E-state index in [1.165, 1.54) is 11.1 Å². The zero-order valence-corrected chi connectivity index (χ0v) is 10.4. The van der Waals surface area contributed by atoms with Gasteiger partial charge in [0.15, 0.2) is 0 Å². The molecular formula is C14H18N2O2. The highest BCUT2D eigenvalue weighted by molar-refractivity contribution is 5.94. The zero-order valence-electron chi connectivity index (χ0n) is 10.4. The quantitative estimate of drug-likeness (QED) is 0.824. The lowest BCUT2D eigenvalue weighted by Gasteiger charge is -2.23. The summed E-state index contributed by atoms with van der Waals surface area (Å²) >= 11 is 0. The van der Waals surface area contributed by atoms with Crippen LogP contribution in [0.15, 0.2) is 18.2 Å². The Morgan fingerprint density at radius 3 is 3.06 bits per heavy atom. The van der Waals surface area contributed by atoms with Crippen molar-refractivity contribution in [3.8, 4) is 0 Å². The van der Waals surface area contributed by atoms with Gasteiger partial charge in [-0.05, 0) is 36.1 Å². The highest BCUT2D eigenvalue weighted by atomic mass is 16.5. The van der Waals surface area contributed by atoms with Crippen molar-refractivity contribution in [3.05, 3.63) is 34.9 Å². The van der Waals surface area contributed by atoms with Gasteiger partial charge in [0.25, 0.3) is 5.91 Å². The maximum Gasteiger partial charge on any atom is 0.251 e. The van der Waals surface area contributed by atoms with Crippen molar-refractivity contribution in [3.63, 3.8) is 0 Å². The number of nitrogens with one attached hydrogen (secondary N) is 2. The maximum atomic E-state index is 12.1. The average molecular weight is 246 g/mol. The van der Waals surface area contributed by atoms with Crippen LogP contribution in [0, 0.1) is 0 Å². The summed E-state index contributed by atoms with van der Waals surface area (Å²) in [7, 11) is 0. The minimum Gasteiger partial charge on any atom is -0.379 e. The molecule has 1 saturated heterocycles. The Labute approximate surface area is 107 Å². The summed E-state index contributed by atoms with van der Waals surface area (Å²) in [5, 5.41) is 6.33. The number of benzene rings is 1. The SMILES string of the molecule is O=C(NC1CCCOC1)c1ccc2c(c1)CNC2. The third-order valence-electron chi connectivity index (χ3n) is 3.59. The van der Waals surface area contributed by atoms with E-state index in [0.717, 1.165) is 38.1 Å². The largest absolute Gasteiger partial charge is 0.379 e. The fourth-order valence-electron chi connectivity index (χ4n) is 2.56. The van der Waals surface area contributed by atoms with Crippen LogP contribution in [0.25, 0.3) is 0 Å². The normalized spacial score (nSPS) is 22.6. The highest BCUT2D eigenvalue weighted by Gasteiger charge is 2.18. The fourth-order valence-corrected chi connectivity index (χ4v) is 2.56. The molecule has 0 spiro atoms. The monoisotopic (exact) mass is 246 g/mol. The molecule has 0 radical (unpaired) electrons. The summed E-state index contributed by atoms with van der Waals surface area (Å²) in [6.45, 7) is 3.23. The van der Waals surface area contributed by atoms with Crippen LogP contribution in [0.5, 0.6) is 0 Å². The van der Waals surface area contributed by atoms with Crippen molar-refractivity contribution in [1.29, 1.82) is 0 Å². The van der Waals surface area contributed by atoms with Crippen LogP contribution in [0.3, 0.4) is 0 Å². The molecule has 3 rings (SSSR count). The second kappa shape index (κ2) is 5.08. The van der Waals surface area contributed by atoms with E-state index in [0.29, 0.717) is 6.61 Å². The molecule has 4 heteroatoms. The molecule has 96 valence electrons. The number of amides is 1. The van der Waals surface area contributed by atoms with E-state index in [-0.39, 0.29) is 11.9 Å². The zero-order chi connectivity index (χ0) is 12.4. The summed E-state index contributed by atoms with van der Waals surface area (Å²) in [5.74, 6) is 0.0141. The van der Waals surface area contributed by atoms with Crippen molar-refractivity contribution >= 4 is 5.91 Å². The number of hydrogen-bond donors (Lipinski definition) is 2. The number of rotatable bonds is 2. The van der Waals surface area contributed by atoms with Gasteiger partial charge in [-0.15, -0.1) is 0 Å². The third-order valence-corrected chi connectivity index (χ3v) is 3.59. The van der Waals surface area contributed by atoms with Crippen LogP contribution in [0.2, 0.25) is 0 Å². The summed E-state index contributed by atoms with van der Waals surface area (Å²) in [5.41, 5.74) is 3.29. The molecule has 1 amide bonds. The summed E-state index contributed by atoms with van der Waals surface area (Å²) in [6, 6.07) is 6.11. The predicted octanol–water partition coefficient (Wildman–Crippen LogP) is 1.20. The first-order valence-electron chi connectivity index (χ1n) is 6.54. The van der Waals surface area contributed by atoms with Gasteiger partial charge in [-0.2, -0.15) is 0 Å². The lowest BCUT2D eigenvalue weighted by molar-refractivity contribution is 0.0624. The number of fused-ring (bicyclic) bond motifs is 1. The van der Waals surface area contributed by atoms with Gasteiger partial charge < -0.3 is 15.4 Å². The van der Waals surface area contributed by atoms with Crippen LogP contribution >= 0.6 is 0 Å². The minimum atomic E-state index is 0.0141. The molecule has 4 nitrogen and oxygen atoms in total. The van der Waals surface area contributed by atoms with Crippen LogP contribution in [0.4, 0.5) is 0 Å². The van der Waals surface area contributed by atoms with Crippen molar-refractivity contribution in [2.45, 2.75) is 32.0 Å². The molecule has 1 aromatic rings. The van der Waals surface area contributed by atoms with Gasteiger partial charge in [-0.25, -0.2) is 0 Å². The lowest BCUT2D eigenvalue weighted by Crippen LogP contribution is -2.40. The molecule has 18 heavy (non-hydrogen) atoms. The first kappa shape index (κ1) is 11.7. The average Bonchev–Trinajstić information content (AvgIpc) is 2.87. The van der Waals surface area contributed by atoms with Gasteiger partial charge in [0.2, 0.25) is 0 Å². The van der Waals surface area contributed by atoms with E-state index in [2.05, 4.69) is 10.6 Å². The van der Waals surface area contributed by atoms with Crippen LogP contribution in [0.1, 0.15) is 34.3 Å². The number of carbonyl (C=O) groups is 1. The van der Waals surface area contributed by atoms with Gasteiger partial charge in [-0.3, -0.25) is 4.79 Å². The minimum absolute atomic E-state index is 0.0141. The maximum absolute atomic E-state index is 12.1. The second-order valence-electron chi connectivity index (χ2n) is 4.97. The van der Waals surface area contributed by atoms with Crippen molar-refractivity contribution in [1.82, 2.24) is 10.6 Å². The lowest BCUT2D eigenvalue weighted by atomic mass is 10.0. The molecular weight excluding hydrogens is 228 g/mol. The smallest absolute Gasteiger partial charge is 0.251 e. The van der Waals surface area contributed by atoms with E-state index in [1.54, 1.807) is 0 Å². The molecule has 0 aromatic heterocycles. The Morgan fingerprint density at radius 1 is 1.33 bits per heavy atom. The molecule has 2 aliphatic rings. The standard InChI is InChI=1S/C14H18N2O2/c17-14(16-13-2-1-5-18-9-13)10-3-4-11-7-15-8-12(11)6-10/h3-4,6,13,15H,1-2,5,7-9H2,(H,16,17). The molecule has 0 saturated carbocycles. The molecule has 2 heterocycles. The molecule has 1 aromatic carbocycles. The fraction of sp³-hybridized carbons (Fsp3) is 0.500. The number of carbonyl (C=O) groups excluding carboxylic acids is 1. The van der Waals surface area contributed by atoms with Crippen molar-refractivity contribution in [2.75, 3.05) is 13.2 Å². The topological polar surface area (TPSA) is 50.4 Å². The molecule has 2 aliphatic heterocycles. The summed E-state index contributed by atoms with van der Waals surface area (Å²) in [4.78, 5) is 12.1. The summed E-state index contributed by atoms with van der Waals surface area (Å²) in [6.07, 6.45) is 2.04. The van der Waals surface area contributed by atoms with Crippen molar-refractivity contribution in [2.24, 2.45) is 0 Å². The van der Waals surface area contributed by atoms with E-state index < -0.39 is 0 Å². The van der Waals surface area contributed by atoms with Gasteiger partial charge in [0, 0.05) is 25.3 Å². The van der Waals surface area contributed by atoms with E-state index in [4.69, 9.17) is 4.74 Å². The Morgan fingerprint density at radius 2 is 2.22 bits per heavy atom. The van der Waals surface area contributed by atoms with Gasteiger partial charge in [-0.1, -0.05) is 6.07 Å². The van der Waals surface area contributed by atoms with Crippen LogP contribution < -0.4 is 10.6 Å². The Balaban J connectivity index is 1.68. The van der Waals surface area contributed by atoms with Gasteiger partial charge >= 0.3 is 0 Å². The van der Waals surface area contributed by atoms with Crippen LogP contribution in [-0.4, -0.2) is 25.2 Å². The molecule has 1 atom stereocenters. The number of hydrogen-bond acceptors (Lipinski definition) is 3. The first-order chi connectivity index (χ1) is 8.83. The van der Waals surface area contributed by atoms with E-state index >= 15 is 0 Å². The molecule has 2 N–H and O–H groups in total. The number of ether oxygens (including phenoxy) is 1. The Kier molecular flexibility index (Phi) is 3.30. The Hall–Kier alpha value is -1.39. The van der Waals surface area contributed by atoms with E-state index in [9.17, 15) is 4.79 Å². The second-order valence-corrected chi connectivity index (χ2v) is 4.97. The molecule has 0 aliphatic carbocycles. The predicted molar refractivity (Wildman–Crippen MR) is 68.3 cm³/mol. The van der Waals surface area contributed by atoms with Gasteiger partial charge in [0.1, 0.15) is 0 Å². The van der Waals surface area contributed by atoms with Gasteiger partial charge in [0.05, 0.1) is 12.6 Å². The van der Waals surface area contributed by atoms with Crippen LogP contribution in [-0.2, 0) is 17.8 Å². The van der Waals surface area contributed by atoms with E-state index in [1.807, 2.05) is 18.2 Å². The highest BCUT2D eigenvalue weighted by Crippen LogP contribution is 2.17. The summed E-state index contributed by atoms with van der Waals surface area (Å²) < 4.78 is 5.37. The third kappa shape index (κ3) is 2.40. The molecule has 0 bridgehead atoms. The first-order valence-corrected chi connectivity index (χ1v) is 6.54.